The Morgan fingerprint density at radius 1 is 1.44 bits per heavy atom. The third-order valence-electron chi connectivity index (χ3n) is 3.17. The number of hydrogen-bond acceptors (Lipinski definition) is 5. The van der Waals surface area contributed by atoms with E-state index in [0.717, 1.165) is 37.7 Å². The Balaban J connectivity index is 1.93. The molecule has 1 aliphatic heterocycles. The highest BCUT2D eigenvalue weighted by Crippen LogP contribution is 2.15. The zero-order valence-corrected chi connectivity index (χ0v) is 11.4. The van der Waals surface area contributed by atoms with Gasteiger partial charge < -0.3 is 15.0 Å². The van der Waals surface area contributed by atoms with Crippen LogP contribution in [0.2, 0.25) is 0 Å². The maximum Gasteiger partial charge on any atom is 0.225 e. The topological polar surface area (TPSA) is 50.3 Å². The van der Waals surface area contributed by atoms with Crippen LogP contribution in [0.5, 0.6) is 0 Å². The third-order valence-corrected chi connectivity index (χ3v) is 3.17. The first-order valence-corrected chi connectivity index (χ1v) is 6.51. The third kappa shape index (κ3) is 3.40. The van der Waals surface area contributed by atoms with Crippen LogP contribution in [0.3, 0.4) is 0 Å². The number of aromatic nitrogens is 2. The van der Waals surface area contributed by atoms with Crippen molar-refractivity contribution >= 4 is 5.95 Å². The molecule has 0 spiro atoms. The van der Waals surface area contributed by atoms with Gasteiger partial charge in [-0.1, -0.05) is 13.8 Å². The van der Waals surface area contributed by atoms with Crippen LogP contribution in [0, 0.1) is 0 Å². The largest absolute Gasteiger partial charge is 0.379 e. The fraction of sp³-hybridized carbons (Fsp3) is 0.692. The lowest BCUT2D eigenvalue weighted by molar-refractivity contribution is 0.193. The molecular weight excluding hydrogens is 228 g/mol. The van der Waals surface area contributed by atoms with Crippen molar-refractivity contribution in [3.63, 3.8) is 0 Å². The van der Waals surface area contributed by atoms with E-state index in [1.807, 2.05) is 19.4 Å². The van der Waals surface area contributed by atoms with Gasteiger partial charge in [-0.05, 0) is 6.42 Å². The van der Waals surface area contributed by atoms with Crippen LogP contribution < -0.4 is 10.2 Å². The number of hydrogen-bond donors (Lipinski definition) is 1. The van der Waals surface area contributed by atoms with Crippen LogP contribution in [0.1, 0.15) is 25.8 Å². The van der Waals surface area contributed by atoms with Gasteiger partial charge >= 0.3 is 0 Å². The highest BCUT2D eigenvalue weighted by molar-refractivity contribution is 5.30. The zero-order chi connectivity index (χ0) is 13.0. The summed E-state index contributed by atoms with van der Waals surface area (Å²) in [5, 5.41) is 3.35. The van der Waals surface area contributed by atoms with E-state index in [1.165, 1.54) is 0 Å². The Morgan fingerprint density at radius 2 is 2.17 bits per heavy atom. The van der Waals surface area contributed by atoms with E-state index in [4.69, 9.17) is 4.74 Å². The smallest absolute Gasteiger partial charge is 0.225 e. The molecule has 0 aliphatic carbocycles. The first-order chi connectivity index (χ1) is 8.66. The summed E-state index contributed by atoms with van der Waals surface area (Å²) < 4.78 is 5.38. The molecule has 100 valence electrons. The number of rotatable bonds is 5. The predicted octanol–water partition coefficient (Wildman–Crippen LogP) is 1.20. The second kappa shape index (κ2) is 6.11. The summed E-state index contributed by atoms with van der Waals surface area (Å²) in [5.41, 5.74) is 1.11. The minimum atomic E-state index is 0.407. The molecule has 1 N–H and O–H groups in total. The summed E-state index contributed by atoms with van der Waals surface area (Å²) >= 11 is 0. The van der Waals surface area contributed by atoms with Crippen LogP contribution in [0.4, 0.5) is 5.95 Å². The average Bonchev–Trinajstić information content (AvgIpc) is 2.90. The van der Waals surface area contributed by atoms with E-state index < -0.39 is 0 Å². The fourth-order valence-electron chi connectivity index (χ4n) is 1.93. The lowest BCUT2D eigenvalue weighted by Gasteiger charge is -2.22. The molecule has 0 bridgehead atoms. The minimum Gasteiger partial charge on any atom is -0.379 e. The summed E-state index contributed by atoms with van der Waals surface area (Å²) in [6.07, 6.45) is 4.84. The van der Waals surface area contributed by atoms with Crippen molar-refractivity contribution in [1.29, 1.82) is 0 Å². The molecular formula is C13H22N4O. The number of anilines is 1. The Kier molecular flexibility index (Phi) is 4.49. The van der Waals surface area contributed by atoms with Gasteiger partial charge in [0.25, 0.3) is 0 Å². The highest BCUT2D eigenvalue weighted by Gasteiger charge is 2.21. The number of nitrogens with one attached hydrogen (secondary N) is 1. The van der Waals surface area contributed by atoms with Crippen molar-refractivity contribution in [3.05, 3.63) is 18.0 Å². The average molecular weight is 250 g/mol. The molecule has 1 fully saturated rings. The first kappa shape index (κ1) is 13.2. The van der Waals surface area contributed by atoms with Crippen LogP contribution in [0.25, 0.3) is 0 Å². The van der Waals surface area contributed by atoms with Gasteiger partial charge in [-0.2, -0.15) is 0 Å². The fourth-order valence-corrected chi connectivity index (χ4v) is 1.93. The van der Waals surface area contributed by atoms with Gasteiger partial charge in [0.2, 0.25) is 5.95 Å². The van der Waals surface area contributed by atoms with Gasteiger partial charge in [-0.25, -0.2) is 9.97 Å². The molecule has 5 nitrogen and oxygen atoms in total. The van der Waals surface area contributed by atoms with Crippen LogP contribution in [-0.4, -0.2) is 42.3 Å². The van der Waals surface area contributed by atoms with Gasteiger partial charge in [-0.3, -0.25) is 0 Å². The second-order valence-corrected chi connectivity index (χ2v) is 5.06. The maximum atomic E-state index is 5.38. The van der Waals surface area contributed by atoms with E-state index in [-0.39, 0.29) is 0 Å². The highest BCUT2D eigenvalue weighted by atomic mass is 16.5. The lowest BCUT2D eigenvalue weighted by Crippen LogP contribution is -2.33. The molecule has 1 aliphatic rings. The quantitative estimate of drug-likeness (QED) is 0.851. The number of ether oxygens (including phenoxy) is 1. The lowest BCUT2D eigenvalue weighted by atomic mass is 10.2. The molecule has 1 atom stereocenters. The Bertz CT molecular complexity index is 360. The molecule has 0 radical (unpaired) electrons. The summed E-state index contributed by atoms with van der Waals surface area (Å²) in [4.78, 5) is 10.9. The van der Waals surface area contributed by atoms with E-state index in [1.54, 1.807) is 0 Å². The Labute approximate surface area is 109 Å². The van der Waals surface area contributed by atoms with Crippen LogP contribution >= 0.6 is 0 Å². The predicted molar refractivity (Wildman–Crippen MR) is 71.6 cm³/mol. The minimum absolute atomic E-state index is 0.407. The Morgan fingerprint density at radius 3 is 2.72 bits per heavy atom. The molecule has 0 saturated carbocycles. The molecule has 2 rings (SSSR count). The van der Waals surface area contributed by atoms with E-state index in [0.29, 0.717) is 12.1 Å². The SMILES string of the molecule is CC(C)NCc1cnc(N(C)C2CCOC2)nc1. The molecule has 2 heterocycles. The summed E-state index contributed by atoms with van der Waals surface area (Å²) in [6, 6.07) is 0.882. The summed E-state index contributed by atoms with van der Waals surface area (Å²) in [7, 11) is 2.03. The van der Waals surface area contributed by atoms with Crippen molar-refractivity contribution in [3.8, 4) is 0 Å². The molecule has 1 unspecified atom stereocenters. The van der Waals surface area contributed by atoms with Gasteiger partial charge in [0.1, 0.15) is 0 Å². The second-order valence-electron chi connectivity index (χ2n) is 5.06. The van der Waals surface area contributed by atoms with E-state index in [2.05, 4.69) is 34.0 Å². The normalized spacial score (nSPS) is 19.4. The molecule has 1 saturated heterocycles. The van der Waals surface area contributed by atoms with Gasteiger partial charge in [0.05, 0.1) is 12.6 Å². The van der Waals surface area contributed by atoms with Crippen molar-refractivity contribution in [1.82, 2.24) is 15.3 Å². The van der Waals surface area contributed by atoms with Crippen LogP contribution in [-0.2, 0) is 11.3 Å². The van der Waals surface area contributed by atoms with Crippen molar-refractivity contribution < 1.29 is 4.74 Å². The van der Waals surface area contributed by atoms with Gasteiger partial charge in [0.15, 0.2) is 0 Å². The monoisotopic (exact) mass is 250 g/mol. The zero-order valence-electron chi connectivity index (χ0n) is 11.4. The number of likely N-dealkylation sites (N-methyl/N-ethyl adjacent to an activating group) is 1. The standard InChI is InChI=1S/C13H22N4O/c1-10(2)14-6-11-7-15-13(16-8-11)17(3)12-4-5-18-9-12/h7-8,10,12,14H,4-6,9H2,1-3H3. The van der Waals surface area contributed by atoms with Crippen molar-refractivity contribution in [2.45, 2.75) is 38.9 Å². The molecule has 0 aromatic carbocycles. The van der Waals surface area contributed by atoms with Gasteiger partial charge in [0, 0.05) is 44.2 Å². The van der Waals surface area contributed by atoms with Crippen molar-refractivity contribution in [2.75, 3.05) is 25.2 Å². The summed E-state index contributed by atoms with van der Waals surface area (Å²) in [5.74, 6) is 0.777. The van der Waals surface area contributed by atoms with Crippen molar-refractivity contribution in [2.24, 2.45) is 0 Å². The van der Waals surface area contributed by atoms with E-state index >= 15 is 0 Å². The summed E-state index contributed by atoms with van der Waals surface area (Å²) in [6.45, 7) is 6.68. The molecule has 1 aromatic rings. The Hall–Kier alpha value is -1.20. The molecule has 18 heavy (non-hydrogen) atoms. The molecule has 5 heteroatoms. The van der Waals surface area contributed by atoms with Gasteiger partial charge in [-0.15, -0.1) is 0 Å². The molecule has 1 aromatic heterocycles. The molecule has 0 amide bonds. The first-order valence-electron chi connectivity index (χ1n) is 6.51. The number of nitrogens with zero attached hydrogens (tertiary/aromatic N) is 3. The maximum absolute atomic E-state index is 5.38. The van der Waals surface area contributed by atoms with E-state index in [9.17, 15) is 0 Å². The van der Waals surface area contributed by atoms with Crippen LogP contribution in [0.15, 0.2) is 12.4 Å².